The molecule has 1 aromatic heterocycles. The van der Waals surface area contributed by atoms with Crippen LogP contribution < -0.4 is 5.32 Å². The van der Waals surface area contributed by atoms with Gasteiger partial charge in [0.1, 0.15) is 10.7 Å². The van der Waals surface area contributed by atoms with E-state index in [1.54, 1.807) is 0 Å². The number of nitrogens with one attached hydrogen (secondary N) is 1. The van der Waals surface area contributed by atoms with Crippen molar-refractivity contribution in [3.05, 3.63) is 63.4 Å². The lowest BCUT2D eigenvalue weighted by Gasteiger charge is -2.03. The van der Waals surface area contributed by atoms with Gasteiger partial charge in [-0.2, -0.15) is 0 Å². The van der Waals surface area contributed by atoms with Gasteiger partial charge in [0.15, 0.2) is 11.6 Å². The molecule has 1 heterocycles. The standard InChI is InChI=1S/C12H10F2N2O3/c13-10-3-1-8(5-11(10)14)6-15-7-9-2-4-12(19-9)16(17)18/h1-5,15H,6-7H2. The number of rotatable bonds is 5. The first-order valence-electron chi connectivity index (χ1n) is 5.44. The van der Waals surface area contributed by atoms with E-state index in [4.69, 9.17) is 4.42 Å². The second-order valence-electron chi connectivity index (χ2n) is 3.85. The van der Waals surface area contributed by atoms with Gasteiger partial charge in [0, 0.05) is 6.54 Å². The highest BCUT2D eigenvalue weighted by Gasteiger charge is 2.11. The molecule has 0 atom stereocenters. The molecule has 0 aliphatic heterocycles. The smallest absolute Gasteiger partial charge is 0.404 e. The number of hydrogen-bond acceptors (Lipinski definition) is 4. The lowest BCUT2D eigenvalue weighted by molar-refractivity contribution is -0.402. The molecule has 7 heteroatoms. The normalized spacial score (nSPS) is 10.6. The molecule has 5 nitrogen and oxygen atoms in total. The van der Waals surface area contributed by atoms with Crippen LogP contribution in [0.25, 0.3) is 0 Å². The monoisotopic (exact) mass is 268 g/mol. The second kappa shape index (κ2) is 5.57. The van der Waals surface area contributed by atoms with Crippen LogP contribution >= 0.6 is 0 Å². The van der Waals surface area contributed by atoms with Crippen LogP contribution in [0.4, 0.5) is 14.7 Å². The molecule has 0 aliphatic rings. The van der Waals surface area contributed by atoms with Crippen LogP contribution in [0, 0.1) is 21.7 Å². The van der Waals surface area contributed by atoms with Crippen molar-refractivity contribution in [2.24, 2.45) is 0 Å². The predicted molar refractivity (Wildman–Crippen MR) is 62.3 cm³/mol. The van der Waals surface area contributed by atoms with E-state index < -0.39 is 16.6 Å². The highest BCUT2D eigenvalue weighted by molar-refractivity contribution is 5.19. The van der Waals surface area contributed by atoms with Gasteiger partial charge in [0.05, 0.1) is 12.6 Å². The summed E-state index contributed by atoms with van der Waals surface area (Å²) in [5.41, 5.74) is 0.569. The molecular weight excluding hydrogens is 258 g/mol. The molecule has 0 radical (unpaired) electrons. The molecule has 0 unspecified atom stereocenters. The van der Waals surface area contributed by atoms with Crippen LogP contribution in [-0.2, 0) is 13.1 Å². The number of benzene rings is 1. The first kappa shape index (κ1) is 13.2. The number of halogens is 2. The Morgan fingerprint density at radius 3 is 2.58 bits per heavy atom. The van der Waals surface area contributed by atoms with Gasteiger partial charge >= 0.3 is 5.88 Å². The van der Waals surface area contributed by atoms with Crippen molar-refractivity contribution in [3.63, 3.8) is 0 Å². The van der Waals surface area contributed by atoms with E-state index in [0.717, 1.165) is 12.1 Å². The maximum Gasteiger partial charge on any atom is 0.433 e. The van der Waals surface area contributed by atoms with Crippen LogP contribution in [0.2, 0.25) is 0 Å². The molecule has 100 valence electrons. The van der Waals surface area contributed by atoms with Crippen molar-refractivity contribution in [2.75, 3.05) is 0 Å². The van der Waals surface area contributed by atoms with E-state index in [-0.39, 0.29) is 12.4 Å². The molecule has 1 aromatic carbocycles. The van der Waals surface area contributed by atoms with Crippen LogP contribution in [0.5, 0.6) is 0 Å². The largest absolute Gasteiger partial charge is 0.433 e. The van der Waals surface area contributed by atoms with E-state index in [0.29, 0.717) is 17.9 Å². The molecule has 19 heavy (non-hydrogen) atoms. The van der Waals surface area contributed by atoms with E-state index in [2.05, 4.69) is 5.32 Å². The minimum atomic E-state index is -0.909. The Morgan fingerprint density at radius 1 is 1.16 bits per heavy atom. The topological polar surface area (TPSA) is 68.3 Å². The molecule has 2 rings (SSSR count). The van der Waals surface area contributed by atoms with Crippen LogP contribution in [0.1, 0.15) is 11.3 Å². The van der Waals surface area contributed by atoms with E-state index >= 15 is 0 Å². The third-order valence-corrected chi connectivity index (χ3v) is 2.44. The van der Waals surface area contributed by atoms with Gasteiger partial charge in [-0.25, -0.2) is 8.78 Å². The molecule has 0 bridgehead atoms. The molecule has 0 saturated heterocycles. The van der Waals surface area contributed by atoms with Crippen molar-refractivity contribution < 1.29 is 18.1 Å². The lowest BCUT2D eigenvalue weighted by Crippen LogP contribution is -2.12. The Bertz CT molecular complexity index is 598. The summed E-state index contributed by atoms with van der Waals surface area (Å²) in [6.45, 7) is 0.554. The SMILES string of the molecule is O=[N+]([O-])c1ccc(CNCc2ccc(F)c(F)c2)o1. The van der Waals surface area contributed by atoms with E-state index in [9.17, 15) is 18.9 Å². The first-order valence-corrected chi connectivity index (χ1v) is 5.44. The number of hydrogen-bond donors (Lipinski definition) is 1. The summed E-state index contributed by atoms with van der Waals surface area (Å²) in [4.78, 5) is 9.77. The highest BCUT2D eigenvalue weighted by Crippen LogP contribution is 2.15. The third kappa shape index (κ3) is 3.35. The zero-order chi connectivity index (χ0) is 13.8. The van der Waals surface area contributed by atoms with E-state index in [1.807, 2.05) is 0 Å². The van der Waals surface area contributed by atoms with Gasteiger partial charge in [-0.1, -0.05) is 6.07 Å². The number of furan rings is 1. The van der Waals surface area contributed by atoms with Gasteiger partial charge < -0.3 is 9.73 Å². The lowest BCUT2D eigenvalue weighted by atomic mass is 10.2. The van der Waals surface area contributed by atoms with Gasteiger partial charge in [-0.3, -0.25) is 10.1 Å². The fraction of sp³-hybridized carbons (Fsp3) is 0.167. The Labute approximate surface area is 107 Å². The molecular formula is C12H10F2N2O3. The Morgan fingerprint density at radius 2 is 1.95 bits per heavy atom. The zero-order valence-corrected chi connectivity index (χ0v) is 9.73. The fourth-order valence-electron chi connectivity index (χ4n) is 1.54. The fourth-order valence-corrected chi connectivity index (χ4v) is 1.54. The summed E-state index contributed by atoms with van der Waals surface area (Å²) in [6.07, 6.45) is 0. The summed E-state index contributed by atoms with van der Waals surface area (Å²) >= 11 is 0. The summed E-state index contributed by atoms with van der Waals surface area (Å²) < 4.78 is 30.5. The molecule has 2 aromatic rings. The van der Waals surface area contributed by atoms with Crippen molar-refractivity contribution in [2.45, 2.75) is 13.1 Å². The number of nitro groups is 1. The van der Waals surface area contributed by atoms with Gasteiger partial charge in [0.2, 0.25) is 0 Å². The highest BCUT2D eigenvalue weighted by atomic mass is 19.2. The zero-order valence-electron chi connectivity index (χ0n) is 9.73. The van der Waals surface area contributed by atoms with Crippen LogP contribution in [0.15, 0.2) is 34.7 Å². The molecule has 1 N–H and O–H groups in total. The predicted octanol–water partition coefficient (Wildman–Crippen LogP) is 2.76. The maximum absolute atomic E-state index is 12.9. The maximum atomic E-state index is 12.9. The van der Waals surface area contributed by atoms with Crippen molar-refractivity contribution in [1.29, 1.82) is 0 Å². The summed E-state index contributed by atoms with van der Waals surface area (Å²) in [5, 5.41) is 13.3. The Hall–Kier alpha value is -2.28. The van der Waals surface area contributed by atoms with E-state index in [1.165, 1.54) is 18.2 Å². The minimum Gasteiger partial charge on any atom is -0.404 e. The third-order valence-electron chi connectivity index (χ3n) is 2.44. The van der Waals surface area contributed by atoms with Crippen molar-refractivity contribution in [1.82, 2.24) is 5.32 Å². The van der Waals surface area contributed by atoms with Crippen molar-refractivity contribution >= 4 is 5.88 Å². The average molecular weight is 268 g/mol. The van der Waals surface area contributed by atoms with Crippen LogP contribution in [-0.4, -0.2) is 4.92 Å². The van der Waals surface area contributed by atoms with Gasteiger partial charge in [-0.05, 0) is 23.8 Å². The molecule has 0 saturated carbocycles. The van der Waals surface area contributed by atoms with Gasteiger partial charge in [-0.15, -0.1) is 0 Å². The van der Waals surface area contributed by atoms with Crippen molar-refractivity contribution in [3.8, 4) is 0 Å². The van der Waals surface area contributed by atoms with Gasteiger partial charge in [0.25, 0.3) is 0 Å². The summed E-state index contributed by atoms with van der Waals surface area (Å²) in [6, 6.07) is 6.33. The van der Waals surface area contributed by atoms with Crippen LogP contribution in [0.3, 0.4) is 0 Å². The Kier molecular flexibility index (Phi) is 3.86. The second-order valence-corrected chi connectivity index (χ2v) is 3.85. The minimum absolute atomic E-state index is 0.257. The average Bonchev–Trinajstić information content (AvgIpc) is 2.83. The molecule has 0 amide bonds. The molecule has 0 fully saturated rings. The molecule has 0 spiro atoms. The molecule has 0 aliphatic carbocycles. The first-order chi connectivity index (χ1) is 9.06. The Balaban J connectivity index is 1.88. The quantitative estimate of drug-likeness (QED) is 0.668. The summed E-state index contributed by atoms with van der Waals surface area (Å²) in [5.74, 6) is -1.74. The summed E-state index contributed by atoms with van der Waals surface area (Å²) in [7, 11) is 0. The number of nitrogens with zero attached hydrogens (tertiary/aromatic N) is 1.